The number of aliphatic hydroxyl groups excluding tert-OH is 1. The molecule has 24 heavy (non-hydrogen) atoms. The number of unbranched alkanes of at least 4 members (excludes halogenated alkanes) is 5. The van der Waals surface area contributed by atoms with E-state index in [1.165, 1.54) is 43.4 Å². The van der Waals surface area contributed by atoms with E-state index < -0.39 is 0 Å². The fraction of sp³-hybridized carbons (Fsp3) is 0.684. The van der Waals surface area contributed by atoms with E-state index in [0.717, 1.165) is 11.3 Å². The minimum Gasteiger partial charge on any atom is -0.447 e. The van der Waals surface area contributed by atoms with Crippen LogP contribution in [0.4, 0.5) is 4.79 Å². The third-order valence-corrected chi connectivity index (χ3v) is 4.05. The summed E-state index contributed by atoms with van der Waals surface area (Å²) in [5.74, 6) is 0. The van der Waals surface area contributed by atoms with Crippen LogP contribution in [0.2, 0.25) is 0 Å². The van der Waals surface area contributed by atoms with Gasteiger partial charge in [-0.15, -0.1) is 0 Å². The van der Waals surface area contributed by atoms with Gasteiger partial charge in [-0.2, -0.15) is 0 Å². The fourth-order valence-electron chi connectivity index (χ4n) is 2.45. The van der Waals surface area contributed by atoms with E-state index in [2.05, 4.69) is 18.8 Å². The second-order valence-electron chi connectivity index (χ2n) is 6.28. The number of hydrogen-bond acceptors (Lipinski definition) is 4. The highest BCUT2D eigenvalue weighted by Gasteiger charge is 2.32. The van der Waals surface area contributed by atoms with Crippen molar-refractivity contribution in [3.8, 4) is 0 Å². The summed E-state index contributed by atoms with van der Waals surface area (Å²) in [6, 6.07) is 3.56. The summed E-state index contributed by atoms with van der Waals surface area (Å²) in [6.45, 7) is 7.01. The first-order valence-electron chi connectivity index (χ1n) is 9.08. The number of aliphatic hydroxyl groups is 1. The Hall–Kier alpha value is -1.62. The average Bonchev–Trinajstić information content (AvgIpc) is 2.94. The van der Waals surface area contributed by atoms with Gasteiger partial charge in [-0.05, 0) is 18.6 Å². The van der Waals surface area contributed by atoms with Crippen LogP contribution in [-0.4, -0.2) is 40.3 Å². The summed E-state index contributed by atoms with van der Waals surface area (Å²) >= 11 is 0. The summed E-state index contributed by atoms with van der Waals surface area (Å²) in [4.78, 5) is 17.1. The van der Waals surface area contributed by atoms with E-state index in [9.17, 15) is 4.79 Å². The number of nitrogens with zero attached hydrogens (tertiary/aromatic N) is 2. The molecule has 0 aliphatic carbocycles. The second kappa shape index (κ2) is 11.8. The number of aryl methyl sites for hydroxylation is 1. The first-order valence-corrected chi connectivity index (χ1v) is 9.08. The number of carbonyl (C=O) groups excluding carboxylic acids is 1. The lowest BCUT2D eigenvalue weighted by molar-refractivity contribution is 0.150. The number of ether oxygens (including phenoxy) is 1. The van der Waals surface area contributed by atoms with Crippen molar-refractivity contribution >= 4 is 6.09 Å². The van der Waals surface area contributed by atoms with Crippen LogP contribution in [0.25, 0.3) is 0 Å². The lowest BCUT2D eigenvalue weighted by Gasteiger charge is -2.18. The van der Waals surface area contributed by atoms with Gasteiger partial charge in [0.25, 0.3) is 0 Å². The maximum atomic E-state index is 11.4. The SMILES string of the molecule is CCCCCCCC.Cc1ccc(CN2C(=O)OCC2CO)nc1. The van der Waals surface area contributed by atoms with Gasteiger partial charge in [-0.3, -0.25) is 9.88 Å². The molecule has 1 aromatic heterocycles. The summed E-state index contributed by atoms with van der Waals surface area (Å²) in [5.41, 5.74) is 1.87. The van der Waals surface area contributed by atoms with Gasteiger partial charge in [0.1, 0.15) is 6.61 Å². The van der Waals surface area contributed by atoms with Crippen LogP contribution in [0.5, 0.6) is 0 Å². The molecular weight excluding hydrogens is 304 g/mol. The maximum Gasteiger partial charge on any atom is 0.410 e. The van der Waals surface area contributed by atoms with Crippen molar-refractivity contribution in [2.24, 2.45) is 0 Å². The van der Waals surface area contributed by atoms with E-state index in [1.54, 1.807) is 6.20 Å². The van der Waals surface area contributed by atoms with Gasteiger partial charge < -0.3 is 9.84 Å². The molecule has 2 rings (SSSR count). The predicted molar refractivity (Wildman–Crippen MR) is 95.8 cm³/mol. The Bertz CT molecular complexity index is 456. The molecule has 1 fully saturated rings. The topological polar surface area (TPSA) is 62.7 Å². The smallest absolute Gasteiger partial charge is 0.410 e. The Kier molecular flexibility index (Phi) is 10.1. The van der Waals surface area contributed by atoms with Crippen LogP contribution < -0.4 is 0 Å². The molecule has 0 saturated carbocycles. The van der Waals surface area contributed by atoms with Gasteiger partial charge in [0.05, 0.1) is 24.9 Å². The van der Waals surface area contributed by atoms with Gasteiger partial charge in [-0.1, -0.05) is 58.4 Å². The van der Waals surface area contributed by atoms with Crippen molar-refractivity contribution in [2.75, 3.05) is 13.2 Å². The molecule has 5 heteroatoms. The zero-order valence-corrected chi connectivity index (χ0v) is 15.3. The van der Waals surface area contributed by atoms with Crippen molar-refractivity contribution < 1.29 is 14.6 Å². The van der Waals surface area contributed by atoms with E-state index in [-0.39, 0.29) is 25.3 Å². The number of pyridine rings is 1. The standard InChI is InChI=1S/C11H14N2O3.C8H18/c1-8-2-3-9(12-4-8)5-13-10(6-14)7-16-11(13)15;1-3-5-7-8-6-4-2/h2-4,10,14H,5-7H2,1H3;3-8H2,1-2H3. The van der Waals surface area contributed by atoms with Crippen molar-refractivity contribution in [3.63, 3.8) is 0 Å². The zero-order chi connectivity index (χ0) is 17.8. The number of amides is 1. The quantitative estimate of drug-likeness (QED) is 0.727. The molecule has 1 aliphatic heterocycles. The van der Waals surface area contributed by atoms with E-state index >= 15 is 0 Å². The Morgan fingerprint density at radius 1 is 1.21 bits per heavy atom. The average molecular weight is 336 g/mol. The van der Waals surface area contributed by atoms with Crippen LogP contribution in [0.3, 0.4) is 0 Å². The molecule has 1 saturated heterocycles. The summed E-state index contributed by atoms with van der Waals surface area (Å²) in [5, 5.41) is 9.08. The molecule has 1 aromatic rings. The summed E-state index contributed by atoms with van der Waals surface area (Å²) < 4.78 is 4.86. The van der Waals surface area contributed by atoms with Crippen molar-refractivity contribution in [1.82, 2.24) is 9.88 Å². The number of rotatable bonds is 8. The van der Waals surface area contributed by atoms with Crippen LogP contribution in [0.1, 0.15) is 63.6 Å². The molecule has 1 unspecified atom stereocenters. The molecule has 0 aromatic carbocycles. The molecular formula is C19H32N2O3. The summed E-state index contributed by atoms with van der Waals surface area (Å²) in [6.07, 6.45) is 9.86. The molecule has 0 spiro atoms. The first kappa shape index (κ1) is 20.4. The van der Waals surface area contributed by atoms with Gasteiger partial charge >= 0.3 is 6.09 Å². The zero-order valence-electron chi connectivity index (χ0n) is 15.3. The number of hydrogen-bond donors (Lipinski definition) is 1. The highest BCUT2D eigenvalue weighted by molar-refractivity contribution is 5.70. The molecule has 0 bridgehead atoms. The third-order valence-electron chi connectivity index (χ3n) is 4.05. The number of cyclic esters (lactones) is 1. The monoisotopic (exact) mass is 336 g/mol. The van der Waals surface area contributed by atoms with E-state index in [4.69, 9.17) is 9.84 Å². The molecule has 0 radical (unpaired) electrons. The van der Waals surface area contributed by atoms with Crippen molar-refractivity contribution in [2.45, 2.75) is 71.9 Å². The lowest BCUT2D eigenvalue weighted by atomic mass is 10.1. The Morgan fingerprint density at radius 3 is 2.38 bits per heavy atom. The molecule has 1 aliphatic rings. The molecule has 5 nitrogen and oxygen atoms in total. The highest BCUT2D eigenvalue weighted by Crippen LogP contribution is 2.15. The Morgan fingerprint density at radius 2 is 1.88 bits per heavy atom. The highest BCUT2D eigenvalue weighted by atomic mass is 16.6. The maximum absolute atomic E-state index is 11.4. The van der Waals surface area contributed by atoms with Crippen LogP contribution in [-0.2, 0) is 11.3 Å². The van der Waals surface area contributed by atoms with Gasteiger partial charge in [0, 0.05) is 6.20 Å². The van der Waals surface area contributed by atoms with Crippen LogP contribution in [0.15, 0.2) is 18.3 Å². The van der Waals surface area contributed by atoms with Crippen LogP contribution >= 0.6 is 0 Å². The van der Waals surface area contributed by atoms with E-state index in [0.29, 0.717) is 6.54 Å². The first-order chi connectivity index (χ1) is 11.6. The van der Waals surface area contributed by atoms with Gasteiger partial charge in [0.2, 0.25) is 0 Å². The number of carbonyl (C=O) groups is 1. The van der Waals surface area contributed by atoms with Crippen LogP contribution in [0, 0.1) is 6.92 Å². The lowest BCUT2D eigenvalue weighted by Crippen LogP contribution is -2.35. The Labute approximate surface area is 146 Å². The normalized spacial score (nSPS) is 16.6. The third kappa shape index (κ3) is 7.30. The molecule has 2 heterocycles. The van der Waals surface area contributed by atoms with Crippen molar-refractivity contribution in [3.05, 3.63) is 29.6 Å². The number of aromatic nitrogens is 1. The molecule has 1 atom stereocenters. The minimum atomic E-state index is -0.388. The summed E-state index contributed by atoms with van der Waals surface area (Å²) in [7, 11) is 0. The predicted octanol–water partition coefficient (Wildman–Crippen LogP) is 4.07. The molecule has 136 valence electrons. The van der Waals surface area contributed by atoms with E-state index in [1.807, 2.05) is 19.1 Å². The Balaban J connectivity index is 0.000000307. The molecule has 1 N–H and O–H groups in total. The minimum absolute atomic E-state index is 0.0857. The largest absolute Gasteiger partial charge is 0.447 e. The van der Waals surface area contributed by atoms with Gasteiger partial charge in [0.15, 0.2) is 0 Å². The van der Waals surface area contributed by atoms with Gasteiger partial charge in [-0.25, -0.2) is 4.79 Å². The second-order valence-corrected chi connectivity index (χ2v) is 6.28. The fourth-order valence-corrected chi connectivity index (χ4v) is 2.45. The molecule has 1 amide bonds. The van der Waals surface area contributed by atoms with Crippen molar-refractivity contribution in [1.29, 1.82) is 0 Å².